The Morgan fingerprint density at radius 3 is 1.10 bits per heavy atom. The number of hydrogen-bond acceptors (Lipinski definition) is 19. The van der Waals surface area contributed by atoms with Crippen LogP contribution in [0.25, 0.3) is 0 Å². The van der Waals surface area contributed by atoms with Gasteiger partial charge in [0.15, 0.2) is 17.9 Å². The van der Waals surface area contributed by atoms with Crippen molar-refractivity contribution in [3.63, 3.8) is 0 Å². The first-order valence-electron chi connectivity index (χ1n) is 28.2. The first-order valence-corrected chi connectivity index (χ1v) is 28.2. The summed E-state index contributed by atoms with van der Waals surface area (Å²) in [6.07, 6.45) is -1.77. The van der Waals surface area contributed by atoms with Crippen LogP contribution in [0.3, 0.4) is 0 Å². The third-order valence-electron chi connectivity index (χ3n) is 13.2. The molecule has 29 N–H and O–H groups in total. The van der Waals surface area contributed by atoms with E-state index in [-0.39, 0.29) is 83.5 Å². The van der Waals surface area contributed by atoms with Crippen LogP contribution in [0.2, 0.25) is 0 Å². The number of unbranched alkanes of at least 4 members (excludes halogenated alkanes) is 1. The van der Waals surface area contributed by atoms with Gasteiger partial charge in [-0.1, -0.05) is 20.3 Å². The second kappa shape index (κ2) is 43.0. The first-order chi connectivity index (χ1) is 41.0. The number of nitrogens with one attached hydrogen (secondary N) is 17. The van der Waals surface area contributed by atoms with Gasteiger partial charge in [0, 0.05) is 33.1 Å². The Morgan fingerprint density at radius 2 is 0.770 bits per heavy atom. The highest BCUT2D eigenvalue weighted by atomic mass is 16.4. The lowest BCUT2D eigenvalue weighted by Crippen LogP contribution is -2.61. The van der Waals surface area contributed by atoms with Gasteiger partial charge in [0.05, 0.1) is 19.6 Å². The number of aliphatic carboxylic acids is 2. The number of aliphatic hydroxyl groups is 2. The summed E-state index contributed by atoms with van der Waals surface area (Å²) in [5, 5.41) is 95.9. The number of carboxylic acids is 2. The number of rotatable bonds is 45. The minimum absolute atomic E-state index is 0.00908. The van der Waals surface area contributed by atoms with Gasteiger partial charge in [-0.25, -0.2) is 0 Å². The van der Waals surface area contributed by atoms with Crippen LogP contribution in [0.1, 0.15) is 104 Å². The molecule has 0 unspecified atom stereocenters. The third-order valence-corrected chi connectivity index (χ3v) is 13.2. The molecule has 37 heteroatoms. The fourth-order valence-corrected chi connectivity index (χ4v) is 8.00. The minimum atomic E-state index is -1.84. The van der Waals surface area contributed by atoms with E-state index >= 15 is 0 Å². The zero-order chi connectivity index (χ0) is 66.3. The first kappa shape index (κ1) is 78.3. The number of likely N-dealkylation sites (N-methyl/N-ethyl adjacent to an activating group) is 2. The Labute approximate surface area is 503 Å². The molecule has 0 saturated carbocycles. The van der Waals surface area contributed by atoms with E-state index in [4.69, 9.17) is 39.2 Å². The fraction of sp³-hybridized carbons (Fsp3) is 0.700. The van der Waals surface area contributed by atoms with Gasteiger partial charge in [0.1, 0.15) is 60.4 Å². The molecule has 0 rings (SSSR count). The zero-order valence-electron chi connectivity index (χ0n) is 49.8. The normalized spacial score (nSPS) is 14.6. The molecule has 87 heavy (non-hydrogen) atoms. The molecule has 0 aliphatic rings. The summed E-state index contributed by atoms with van der Waals surface area (Å²) in [5.74, 6) is -14.4. The summed E-state index contributed by atoms with van der Waals surface area (Å²) >= 11 is 0. The fourth-order valence-electron chi connectivity index (χ4n) is 8.00. The van der Waals surface area contributed by atoms with Crippen molar-refractivity contribution in [1.29, 1.82) is 16.2 Å². The molecule has 0 aliphatic heterocycles. The molecule has 494 valence electrons. The van der Waals surface area contributed by atoms with Crippen LogP contribution >= 0.6 is 0 Å². The molecule has 0 radical (unpaired) electrons. The van der Waals surface area contributed by atoms with E-state index in [1.807, 2.05) is 0 Å². The van der Waals surface area contributed by atoms with E-state index in [2.05, 4.69) is 74.4 Å². The van der Waals surface area contributed by atoms with Gasteiger partial charge in [-0.3, -0.25) is 73.8 Å². The van der Waals surface area contributed by atoms with Crippen molar-refractivity contribution < 1.29 is 78.0 Å². The molecule has 0 heterocycles. The van der Waals surface area contributed by atoms with Crippen molar-refractivity contribution in [3.05, 3.63) is 0 Å². The van der Waals surface area contributed by atoms with Crippen LogP contribution in [0, 0.1) is 22.1 Å². The van der Waals surface area contributed by atoms with Gasteiger partial charge >= 0.3 is 11.9 Å². The van der Waals surface area contributed by atoms with Crippen molar-refractivity contribution >= 4 is 88.9 Å². The number of nitrogens with two attached hydrogens (primary N) is 4. The maximum Gasteiger partial charge on any atom is 0.305 e. The lowest BCUT2D eigenvalue weighted by atomic mass is 9.97. The molecule has 10 amide bonds. The predicted octanol–water partition coefficient (Wildman–Crippen LogP) is -9.01. The number of guanidine groups is 3. The van der Waals surface area contributed by atoms with Gasteiger partial charge in [-0.2, -0.15) is 0 Å². The molecule has 0 aromatic rings. The van der Waals surface area contributed by atoms with Crippen LogP contribution in [0.5, 0.6) is 0 Å². The number of carboxylic acid groups (broad SMARTS) is 2. The summed E-state index contributed by atoms with van der Waals surface area (Å²) in [6, 6.07) is -15.1. The minimum Gasteiger partial charge on any atom is -0.481 e. The quantitative estimate of drug-likeness (QED) is 0.0153. The van der Waals surface area contributed by atoms with Gasteiger partial charge in [-0.15, -0.1) is 0 Å². The molecular formula is C50H93N21O16. The Balaban J connectivity index is 7.00. The number of carbonyl (C=O) groups excluding carboxylic acids is 10. The maximum absolute atomic E-state index is 14.4. The molecule has 0 spiro atoms. The van der Waals surface area contributed by atoms with Crippen molar-refractivity contribution in [2.45, 2.75) is 165 Å². The summed E-state index contributed by atoms with van der Waals surface area (Å²) in [4.78, 5) is 160. The molecule has 0 aromatic heterocycles. The topological polar surface area (TPSA) is 630 Å². The second-order valence-corrected chi connectivity index (χ2v) is 20.1. The van der Waals surface area contributed by atoms with Crippen LogP contribution in [-0.4, -0.2) is 223 Å². The number of carbonyl (C=O) groups is 12. The van der Waals surface area contributed by atoms with Crippen molar-refractivity contribution in [2.24, 2.45) is 28.9 Å². The molecule has 0 bridgehead atoms. The number of aliphatic hydroxyl groups excluding tert-OH is 2. The smallest absolute Gasteiger partial charge is 0.305 e. The zero-order valence-corrected chi connectivity index (χ0v) is 49.8. The Kier molecular flexibility index (Phi) is 38.7. The highest BCUT2D eigenvalue weighted by molar-refractivity contribution is 5.99. The number of hydrogen-bond donors (Lipinski definition) is 25. The molecule has 0 saturated heterocycles. The highest BCUT2D eigenvalue weighted by Gasteiger charge is 2.36. The van der Waals surface area contributed by atoms with Crippen LogP contribution in [0.4, 0.5) is 0 Å². The van der Waals surface area contributed by atoms with Gasteiger partial charge in [-0.05, 0) is 90.6 Å². The maximum atomic E-state index is 14.4. The molecule has 37 nitrogen and oxygen atoms in total. The second-order valence-electron chi connectivity index (χ2n) is 20.1. The number of amides is 10. The summed E-state index contributed by atoms with van der Waals surface area (Å²) in [6.45, 7) is 2.96. The molecule has 0 aliphatic carbocycles. The average molecular weight is 1240 g/mol. The lowest BCUT2D eigenvalue weighted by molar-refractivity contribution is -0.141. The van der Waals surface area contributed by atoms with E-state index < -0.39 is 182 Å². The van der Waals surface area contributed by atoms with Gasteiger partial charge in [0.25, 0.3) is 0 Å². The Hall–Kier alpha value is -8.71. The van der Waals surface area contributed by atoms with Gasteiger partial charge < -0.3 is 118 Å². The Morgan fingerprint density at radius 1 is 0.425 bits per heavy atom. The van der Waals surface area contributed by atoms with E-state index in [9.17, 15) is 78.0 Å². The third kappa shape index (κ3) is 32.4. The molecular weight excluding hydrogens is 1150 g/mol. The van der Waals surface area contributed by atoms with Gasteiger partial charge in [0.2, 0.25) is 59.1 Å². The predicted molar refractivity (Wildman–Crippen MR) is 313 cm³/mol. The van der Waals surface area contributed by atoms with Crippen LogP contribution in [0.15, 0.2) is 0 Å². The van der Waals surface area contributed by atoms with Crippen molar-refractivity contribution in [2.75, 3.05) is 53.5 Å². The van der Waals surface area contributed by atoms with Crippen molar-refractivity contribution in [3.8, 4) is 0 Å². The summed E-state index contributed by atoms with van der Waals surface area (Å²) in [5.41, 5.74) is 22.0. The highest BCUT2D eigenvalue weighted by Crippen LogP contribution is 2.11. The van der Waals surface area contributed by atoms with E-state index in [0.717, 1.165) is 6.92 Å². The molecule has 0 aromatic carbocycles. The summed E-state index contributed by atoms with van der Waals surface area (Å²) in [7, 11) is 2.71. The van der Waals surface area contributed by atoms with E-state index in [1.165, 1.54) is 14.1 Å². The van der Waals surface area contributed by atoms with Crippen LogP contribution < -0.4 is 97.4 Å². The van der Waals surface area contributed by atoms with Crippen LogP contribution in [-0.2, 0) is 57.5 Å². The SMILES string of the molecule is CC[C@H](C)[C@H](NC(=O)[C@H](CC(=O)O)NC(=O)[C@H](C)NC(=O)[C@H](CO)NC(=O)[C@H](CCCNC(=N)N)NC(=O)[C@H](CCCNC(=N)N)NC(=O)[C@H](CCCCN)NC(=O)[C@H](CCC(=O)O)NC(=O)[C@H](CCCNC(=N)N)NC(=O)[C@H](CO)NC)C(=O)NC. The largest absolute Gasteiger partial charge is 0.481 e. The Bertz CT molecular complexity index is 2330. The molecule has 0 fully saturated rings. The van der Waals surface area contributed by atoms with E-state index in [1.54, 1.807) is 13.8 Å². The molecule has 11 atom stereocenters. The van der Waals surface area contributed by atoms with Crippen molar-refractivity contribution in [1.82, 2.24) is 74.4 Å². The summed E-state index contributed by atoms with van der Waals surface area (Å²) < 4.78 is 0. The monoisotopic (exact) mass is 1240 g/mol. The standard InChI is InChI=1S/C50H93N21O16/c1-6-25(2)37(47(87)59-5)71-44(84)32(22-36(76)77)69-38(78)26(3)63-46(86)34(24-73)70-42(82)30(15-11-21-62-50(56)57)66-40(80)28(13-9-19-60-48(52)53)65-39(79)27(12-7-8-18-51)64-43(83)31(16-17-35(74)75)68-41(81)29(14-10-20-61-49(54)55)67-45(85)33(23-72)58-4/h25-34,37,58,72-73H,6-24,51H2,1-5H3,(H,59,87)(H,63,86)(H,64,83)(H,65,79)(H,66,80)(H,67,85)(H,68,81)(H,69,78)(H,70,82)(H,71,84)(H,74,75)(H,76,77)(H4,52,53,60)(H4,54,55,61)(H4,56,57,62)/t25-,26-,27-,28-,29-,30-,31-,32-,33-,34-,37-/m0/s1. The average Bonchev–Trinajstić information content (AvgIpc) is 3.01. The van der Waals surface area contributed by atoms with E-state index in [0.29, 0.717) is 12.8 Å². The lowest BCUT2D eigenvalue weighted by Gasteiger charge is -2.28.